The Kier molecular flexibility index (Phi) is 5.83. The molecule has 8 heteroatoms. The summed E-state index contributed by atoms with van der Waals surface area (Å²) < 4.78 is 9.23. The fraction of sp³-hybridized carbons (Fsp3) is 0.556. The van der Waals surface area contributed by atoms with Gasteiger partial charge in [0, 0.05) is 12.8 Å². The Morgan fingerprint density at radius 1 is 1.31 bits per heavy atom. The van der Waals surface area contributed by atoms with Crippen molar-refractivity contribution in [2.75, 3.05) is 19.7 Å². The van der Waals surface area contributed by atoms with Gasteiger partial charge in [-0.15, -0.1) is 0 Å². The third-order valence-corrected chi connectivity index (χ3v) is 5.51. The summed E-state index contributed by atoms with van der Waals surface area (Å²) in [5.74, 6) is -0.0404. The minimum absolute atomic E-state index is 0.0253. The van der Waals surface area contributed by atoms with Gasteiger partial charge in [-0.05, 0) is 60.6 Å². The van der Waals surface area contributed by atoms with Crippen LogP contribution in [0, 0.1) is 24.5 Å². The number of piperidine rings is 1. The molecule has 1 N–H and O–H groups in total. The molecule has 1 aromatic carbocycles. The topological polar surface area (TPSA) is 66.4 Å². The van der Waals surface area contributed by atoms with Crippen molar-refractivity contribution in [3.05, 3.63) is 34.1 Å². The molecule has 0 atom stereocenters. The van der Waals surface area contributed by atoms with Crippen LogP contribution in [-0.2, 0) is 16.2 Å². The summed E-state index contributed by atoms with van der Waals surface area (Å²) in [7, 11) is 0. The fourth-order valence-corrected chi connectivity index (χ4v) is 3.62. The van der Waals surface area contributed by atoms with Crippen LogP contribution >= 0.6 is 12.2 Å². The number of likely N-dealkylation sites (tertiary alicyclic amines) is 1. The second-order valence-corrected chi connectivity index (χ2v) is 7.19. The normalized spacial score (nSPS) is 20.1. The number of carbonyl (C=O) groups is 1. The number of nitrogens with one attached hydrogen (secondary N) is 1. The van der Waals surface area contributed by atoms with Gasteiger partial charge in [0.1, 0.15) is 0 Å². The highest BCUT2D eigenvalue weighted by molar-refractivity contribution is 7.71. The van der Waals surface area contributed by atoms with E-state index in [1.54, 1.807) is 9.36 Å². The highest BCUT2D eigenvalue weighted by Crippen LogP contribution is 2.16. The highest BCUT2D eigenvalue weighted by atomic mass is 32.1. The first-order chi connectivity index (χ1) is 12.5. The summed E-state index contributed by atoms with van der Waals surface area (Å²) in [6.45, 7) is 8.91. The zero-order chi connectivity index (χ0) is 18.7. The van der Waals surface area contributed by atoms with E-state index in [9.17, 15) is 4.79 Å². The monoisotopic (exact) mass is 376 g/mol. The molecule has 0 radical (unpaired) electrons. The number of aromatic nitrogens is 4. The van der Waals surface area contributed by atoms with Crippen molar-refractivity contribution < 1.29 is 14.4 Å². The number of ether oxygens (including phenoxy) is 1. The number of rotatable bonds is 5. The number of esters is 1. The van der Waals surface area contributed by atoms with Crippen LogP contribution in [0.2, 0.25) is 0 Å². The molecule has 0 aliphatic carbocycles. The Labute approximate surface area is 158 Å². The molecule has 1 saturated heterocycles. The number of carbonyl (C=O) groups excluding carboxylic acids is 1. The maximum atomic E-state index is 11.9. The molecule has 0 spiro atoms. The third-order valence-electron chi connectivity index (χ3n) is 5.13. The SMILES string of the molecule is CCOC(=O)C1CC[NH+](Cn2nnn(-c3cccc(C)c3C)c2=S)CC1. The largest absolute Gasteiger partial charge is 0.466 e. The lowest BCUT2D eigenvalue weighted by molar-refractivity contribution is -0.929. The average Bonchev–Trinajstić information content (AvgIpc) is 2.99. The van der Waals surface area contributed by atoms with E-state index in [0.29, 0.717) is 18.0 Å². The zero-order valence-electron chi connectivity index (χ0n) is 15.6. The Morgan fingerprint density at radius 2 is 2.04 bits per heavy atom. The number of hydrogen-bond donors (Lipinski definition) is 1. The van der Waals surface area contributed by atoms with Gasteiger partial charge >= 0.3 is 5.97 Å². The number of hydrogen-bond acceptors (Lipinski definition) is 5. The van der Waals surface area contributed by atoms with Gasteiger partial charge in [0.15, 0.2) is 6.67 Å². The number of nitrogens with zero attached hydrogens (tertiary/aromatic N) is 4. The molecule has 2 aromatic rings. The van der Waals surface area contributed by atoms with E-state index < -0.39 is 0 Å². The molecule has 7 nitrogen and oxygen atoms in total. The van der Waals surface area contributed by atoms with Crippen molar-refractivity contribution >= 4 is 18.2 Å². The molecular weight excluding hydrogens is 350 g/mol. The molecule has 0 unspecified atom stereocenters. The number of aryl methyl sites for hydroxylation is 1. The summed E-state index contributed by atoms with van der Waals surface area (Å²) >= 11 is 5.59. The van der Waals surface area contributed by atoms with Crippen LogP contribution < -0.4 is 4.90 Å². The molecule has 140 valence electrons. The second-order valence-electron chi connectivity index (χ2n) is 6.83. The second kappa shape index (κ2) is 8.09. The van der Waals surface area contributed by atoms with Crippen LogP contribution in [0.5, 0.6) is 0 Å². The van der Waals surface area contributed by atoms with Crippen LogP contribution in [0.1, 0.15) is 30.9 Å². The maximum absolute atomic E-state index is 11.9. The van der Waals surface area contributed by atoms with E-state index in [0.717, 1.165) is 37.2 Å². The zero-order valence-corrected chi connectivity index (χ0v) is 16.4. The Morgan fingerprint density at radius 3 is 2.73 bits per heavy atom. The Bertz CT molecular complexity index is 836. The van der Waals surface area contributed by atoms with E-state index in [2.05, 4.69) is 30.3 Å². The molecule has 2 heterocycles. The molecule has 1 fully saturated rings. The van der Waals surface area contributed by atoms with Crippen LogP contribution in [-0.4, -0.2) is 45.5 Å². The van der Waals surface area contributed by atoms with Crippen molar-refractivity contribution in [2.45, 2.75) is 40.3 Å². The predicted octanol–water partition coefficient (Wildman–Crippen LogP) is 1.23. The summed E-state index contributed by atoms with van der Waals surface area (Å²) in [6.07, 6.45) is 1.68. The third kappa shape index (κ3) is 3.86. The summed E-state index contributed by atoms with van der Waals surface area (Å²) in [4.78, 5) is 13.2. The average molecular weight is 377 g/mol. The van der Waals surface area contributed by atoms with Gasteiger partial charge in [-0.2, -0.15) is 9.36 Å². The molecule has 1 aromatic heterocycles. The molecule has 26 heavy (non-hydrogen) atoms. The van der Waals surface area contributed by atoms with Crippen molar-refractivity contribution in [3.8, 4) is 5.69 Å². The fourth-order valence-electron chi connectivity index (χ4n) is 3.38. The molecule has 1 aliphatic heterocycles. The highest BCUT2D eigenvalue weighted by Gasteiger charge is 2.28. The van der Waals surface area contributed by atoms with Gasteiger partial charge in [-0.25, -0.2) is 0 Å². The van der Waals surface area contributed by atoms with Crippen LogP contribution in [0.15, 0.2) is 18.2 Å². The van der Waals surface area contributed by atoms with E-state index in [1.807, 2.05) is 19.1 Å². The molecule has 0 amide bonds. The van der Waals surface area contributed by atoms with Crippen LogP contribution in [0.4, 0.5) is 0 Å². The number of tetrazole rings is 1. The molecule has 0 saturated carbocycles. The minimum Gasteiger partial charge on any atom is -0.466 e. The van der Waals surface area contributed by atoms with Gasteiger partial charge in [0.2, 0.25) is 4.77 Å². The van der Waals surface area contributed by atoms with Crippen molar-refractivity contribution in [1.82, 2.24) is 19.8 Å². The van der Waals surface area contributed by atoms with Crippen LogP contribution in [0.3, 0.4) is 0 Å². The molecule has 3 rings (SSSR count). The Hall–Kier alpha value is -2.06. The van der Waals surface area contributed by atoms with Crippen molar-refractivity contribution in [2.24, 2.45) is 5.92 Å². The van der Waals surface area contributed by atoms with E-state index in [-0.39, 0.29) is 11.9 Å². The standard InChI is InChI=1S/C18H25N5O2S/c1-4-25-17(24)15-8-10-21(11-9-15)12-22-18(26)23(20-19-22)16-7-5-6-13(2)14(16)3/h5-7,15H,4,8-12H2,1-3H3/p+1. The number of benzene rings is 1. The first kappa shape index (κ1) is 18.7. The molecule has 1 aliphatic rings. The van der Waals surface area contributed by atoms with Gasteiger partial charge in [-0.1, -0.05) is 12.1 Å². The van der Waals surface area contributed by atoms with E-state index >= 15 is 0 Å². The summed E-state index contributed by atoms with van der Waals surface area (Å²) in [6, 6.07) is 6.09. The minimum atomic E-state index is -0.0657. The number of quaternary nitrogens is 1. The quantitative estimate of drug-likeness (QED) is 0.628. The molecular formula is C18H26N5O2S+. The van der Waals surface area contributed by atoms with Gasteiger partial charge in [-0.3, -0.25) is 4.79 Å². The van der Waals surface area contributed by atoms with Gasteiger partial charge < -0.3 is 9.64 Å². The van der Waals surface area contributed by atoms with Gasteiger partial charge in [0.25, 0.3) is 0 Å². The smallest absolute Gasteiger partial charge is 0.309 e. The van der Waals surface area contributed by atoms with Gasteiger partial charge in [0.05, 0.1) is 31.3 Å². The molecule has 0 bridgehead atoms. The summed E-state index contributed by atoms with van der Waals surface area (Å²) in [5, 5.41) is 8.51. The lowest BCUT2D eigenvalue weighted by atomic mass is 9.97. The lowest BCUT2D eigenvalue weighted by Gasteiger charge is -2.27. The van der Waals surface area contributed by atoms with E-state index in [4.69, 9.17) is 17.0 Å². The lowest BCUT2D eigenvalue weighted by Crippen LogP contribution is -3.12. The van der Waals surface area contributed by atoms with Crippen LogP contribution in [0.25, 0.3) is 5.69 Å². The first-order valence-corrected chi connectivity index (χ1v) is 9.51. The predicted molar refractivity (Wildman–Crippen MR) is 99.7 cm³/mol. The van der Waals surface area contributed by atoms with E-state index in [1.165, 1.54) is 10.5 Å². The van der Waals surface area contributed by atoms with Crippen molar-refractivity contribution in [1.29, 1.82) is 0 Å². The Balaban J connectivity index is 1.68. The summed E-state index contributed by atoms with van der Waals surface area (Å²) in [5.41, 5.74) is 3.32. The first-order valence-electron chi connectivity index (χ1n) is 9.11. The van der Waals surface area contributed by atoms with Crippen molar-refractivity contribution in [3.63, 3.8) is 0 Å². The maximum Gasteiger partial charge on any atom is 0.309 e.